The maximum absolute atomic E-state index is 13.1. The van der Waals surface area contributed by atoms with Gasteiger partial charge in [-0.3, -0.25) is 9.78 Å². The molecule has 33 heavy (non-hydrogen) atoms. The Hall–Kier alpha value is -3.09. The highest BCUT2D eigenvalue weighted by molar-refractivity contribution is 6.30. The number of nitrogens with zero attached hydrogens (tertiary/aromatic N) is 2. The Kier molecular flexibility index (Phi) is 6.58. The van der Waals surface area contributed by atoms with Gasteiger partial charge >= 0.3 is 0 Å². The zero-order valence-corrected chi connectivity index (χ0v) is 19.8. The van der Waals surface area contributed by atoms with Crippen LogP contribution in [0.2, 0.25) is 5.02 Å². The van der Waals surface area contributed by atoms with E-state index in [-0.39, 0.29) is 19.1 Å². The van der Waals surface area contributed by atoms with Gasteiger partial charge in [0.15, 0.2) is 0 Å². The number of carbonyl (C=O) groups is 1. The van der Waals surface area contributed by atoms with Gasteiger partial charge in [0.05, 0.1) is 28.5 Å². The van der Waals surface area contributed by atoms with E-state index in [1.165, 1.54) is 0 Å². The number of pyridine rings is 1. The molecule has 172 valence electrons. The monoisotopic (exact) mass is 465 g/mol. The van der Waals surface area contributed by atoms with Crippen molar-refractivity contribution < 1.29 is 14.6 Å². The normalized spacial score (nSPS) is 13.1. The highest BCUT2D eigenvalue weighted by Gasteiger charge is 2.27. The quantitative estimate of drug-likeness (QED) is 0.521. The molecule has 4 rings (SSSR count). The minimum Gasteiger partial charge on any atom is -0.490 e. The van der Waals surface area contributed by atoms with Crippen LogP contribution in [-0.4, -0.2) is 41.3 Å². The molecule has 1 aliphatic rings. The third-order valence-electron chi connectivity index (χ3n) is 5.56. The van der Waals surface area contributed by atoms with Gasteiger partial charge in [-0.05, 0) is 63.1 Å². The van der Waals surface area contributed by atoms with Crippen molar-refractivity contribution in [2.75, 3.05) is 29.9 Å². The fraction of sp³-hybridized carbons (Fsp3) is 0.308. The first-order valence-electron chi connectivity index (χ1n) is 11.0. The number of aliphatic hydroxyl groups is 1. The molecule has 1 amide bonds. The minimum absolute atomic E-state index is 0.0113. The number of fused-ring (bicyclic) bond motifs is 1. The smallest absolute Gasteiger partial charge is 0.246 e. The molecule has 0 unspecified atom stereocenters. The van der Waals surface area contributed by atoms with Gasteiger partial charge in [-0.2, -0.15) is 0 Å². The van der Waals surface area contributed by atoms with Crippen LogP contribution in [0.5, 0.6) is 5.75 Å². The number of carbonyl (C=O) groups excluding carboxylic acids is 1. The van der Waals surface area contributed by atoms with Crippen LogP contribution >= 0.6 is 11.6 Å². The lowest BCUT2D eigenvalue weighted by atomic mass is 10.1. The van der Waals surface area contributed by atoms with E-state index >= 15 is 0 Å². The third kappa shape index (κ3) is 5.46. The Morgan fingerprint density at radius 1 is 1.24 bits per heavy atom. The van der Waals surface area contributed by atoms with Gasteiger partial charge in [-0.25, -0.2) is 0 Å². The predicted octanol–water partition coefficient (Wildman–Crippen LogP) is 4.86. The Balaban J connectivity index is 1.46. The van der Waals surface area contributed by atoms with Crippen molar-refractivity contribution in [3.63, 3.8) is 0 Å². The molecule has 0 saturated carbocycles. The van der Waals surface area contributed by atoms with Gasteiger partial charge in [-0.15, -0.1) is 0 Å². The molecule has 2 aromatic carbocycles. The van der Waals surface area contributed by atoms with E-state index in [4.69, 9.17) is 16.3 Å². The lowest BCUT2D eigenvalue weighted by Gasteiger charge is -2.21. The Morgan fingerprint density at radius 3 is 2.79 bits per heavy atom. The van der Waals surface area contributed by atoms with Crippen LogP contribution in [-0.2, 0) is 11.2 Å². The fourth-order valence-corrected chi connectivity index (χ4v) is 3.95. The molecular formula is C26H28ClN3O3. The van der Waals surface area contributed by atoms with Crippen molar-refractivity contribution >= 4 is 28.9 Å². The Labute approximate surface area is 199 Å². The van der Waals surface area contributed by atoms with E-state index in [1.807, 2.05) is 55.5 Å². The van der Waals surface area contributed by atoms with Crippen molar-refractivity contribution in [1.29, 1.82) is 0 Å². The zero-order valence-electron chi connectivity index (χ0n) is 19.1. The van der Waals surface area contributed by atoms with E-state index in [2.05, 4.69) is 10.3 Å². The number of hydrogen-bond acceptors (Lipinski definition) is 5. The SMILES string of the molecule is Cc1ccc(-c2ccc(Cl)cn2)cc1NCC(=O)N1CCc2c(OCC(C)(C)O)cccc21. The summed E-state index contributed by atoms with van der Waals surface area (Å²) in [6, 6.07) is 15.4. The molecule has 0 spiro atoms. The standard InChI is InChI=1S/C26H28ClN3O3/c1-17-7-8-18(21-10-9-19(27)14-28-21)13-22(17)29-15-25(31)30-12-11-20-23(30)5-4-6-24(20)33-16-26(2,3)32/h4-10,13-14,29,32H,11-12,15-16H2,1-3H3. The fourth-order valence-electron chi connectivity index (χ4n) is 3.84. The van der Waals surface area contributed by atoms with Crippen molar-refractivity contribution in [1.82, 2.24) is 4.98 Å². The number of aromatic nitrogens is 1. The average Bonchev–Trinajstić information content (AvgIpc) is 3.22. The number of ether oxygens (including phenoxy) is 1. The molecule has 1 aliphatic heterocycles. The first-order chi connectivity index (χ1) is 15.7. The van der Waals surface area contributed by atoms with Crippen LogP contribution < -0.4 is 15.0 Å². The van der Waals surface area contributed by atoms with Gasteiger partial charge in [0, 0.05) is 29.6 Å². The van der Waals surface area contributed by atoms with Gasteiger partial charge < -0.3 is 20.1 Å². The molecule has 7 heteroatoms. The summed E-state index contributed by atoms with van der Waals surface area (Å²) < 4.78 is 5.83. The lowest BCUT2D eigenvalue weighted by Crippen LogP contribution is -2.34. The molecule has 3 aromatic rings. The molecular weight excluding hydrogens is 438 g/mol. The van der Waals surface area contributed by atoms with Gasteiger partial charge in [0.25, 0.3) is 0 Å². The second-order valence-corrected chi connectivity index (χ2v) is 9.33. The van der Waals surface area contributed by atoms with Gasteiger partial charge in [-0.1, -0.05) is 29.8 Å². The van der Waals surface area contributed by atoms with E-state index < -0.39 is 5.60 Å². The second kappa shape index (κ2) is 9.41. The summed E-state index contributed by atoms with van der Waals surface area (Å²) in [4.78, 5) is 19.2. The summed E-state index contributed by atoms with van der Waals surface area (Å²) >= 11 is 5.95. The number of hydrogen-bond donors (Lipinski definition) is 2. The Morgan fingerprint density at radius 2 is 2.06 bits per heavy atom. The molecule has 2 heterocycles. The number of nitrogens with one attached hydrogen (secondary N) is 1. The maximum atomic E-state index is 13.1. The number of anilines is 2. The Bertz CT molecular complexity index is 1160. The summed E-state index contributed by atoms with van der Waals surface area (Å²) in [5.41, 5.74) is 4.65. The largest absolute Gasteiger partial charge is 0.490 e. The van der Waals surface area contributed by atoms with Crippen LogP contribution in [0.15, 0.2) is 54.7 Å². The number of aryl methyl sites for hydroxylation is 1. The van der Waals surface area contributed by atoms with Crippen molar-refractivity contribution in [2.24, 2.45) is 0 Å². The topological polar surface area (TPSA) is 74.7 Å². The summed E-state index contributed by atoms with van der Waals surface area (Å²) in [6.45, 7) is 6.38. The third-order valence-corrected chi connectivity index (χ3v) is 5.78. The maximum Gasteiger partial charge on any atom is 0.246 e. The number of rotatable bonds is 7. The lowest BCUT2D eigenvalue weighted by molar-refractivity contribution is -0.116. The minimum atomic E-state index is -0.922. The van der Waals surface area contributed by atoms with Crippen LogP contribution in [0.1, 0.15) is 25.0 Å². The molecule has 0 atom stereocenters. The summed E-state index contributed by atoms with van der Waals surface area (Å²) in [5, 5.41) is 13.8. The first kappa shape index (κ1) is 23.1. The van der Waals surface area contributed by atoms with Crippen LogP contribution in [0.3, 0.4) is 0 Å². The molecule has 0 fully saturated rings. The second-order valence-electron chi connectivity index (χ2n) is 8.90. The van der Waals surface area contributed by atoms with E-state index in [0.717, 1.165) is 45.9 Å². The van der Waals surface area contributed by atoms with Gasteiger partial charge in [0.1, 0.15) is 12.4 Å². The van der Waals surface area contributed by atoms with E-state index in [1.54, 1.807) is 24.9 Å². The molecule has 2 N–H and O–H groups in total. The molecule has 1 aromatic heterocycles. The first-order valence-corrected chi connectivity index (χ1v) is 11.3. The predicted molar refractivity (Wildman–Crippen MR) is 132 cm³/mol. The van der Waals surface area contributed by atoms with Crippen LogP contribution in [0.4, 0.5) is 11.4 Å². The molecule has 0 bridgehead atoms. The van der Waals surface area contributed by atoms with Crippen molar-refractivity contribution in [3.8, 4) is 17.0 Å². The summed E-state index contributed by atoms with van der Waals surface area (Å²) in [7, 11) is 0. The number of amides is 1. The summed E-state index contributed by atoms with van der Waals surface area (Å²) in [6.07, 6.45) is 2.34. The highest BCUT2D eigenvalue weighted by Crippen LogP contribution is 2.35. The van der Waals surface area contributed by atoms with Crippen LogP contribution in [0.25, 0.3) is 11.3 Å². The van der Waals surface area contributed by atoms with Crippen LogP contribution in [0, 0.1) is 6.92 Å². The zero-order chi connectivity index (χ0) is 23.6. The highest BCUT2D eigenvalue weighted by atomic mass is 35.5. The molecule has 0 saturated heterocycles. The van der Waals surface area contributed by atoms with E-state index in [9.17, 15) is 9.90 Å². The molecule has 6 nitrogen and oxygen atoms in total. The summed E-state index contributed by atoms with van der Waals surface area (Å²) in [5.74, 6) is 0.708. The average molecular weight is 466 g/mol. The van der Waals surface area contributed by atoms with E-state index in [0.29, 0.717) is 11.6 Å². The van der Waals surface area contributed by atoms with Crippen molar-refractivity contribution in [3.05, 3.63) is 70.9 Å². The number of benzene rings is 2. The van der Waals surface area contributed by atoms with Gasteiger partial charge in [0.2, 0.25) is 5.91 Å². The van der Waals surface area contributed by atoms with Crippen molar-refractivity contribution in [2.45, 2.75) is 32.8 Å². The molecule has 0 aliphatic carbocycles. The molecule has 0 radical (unpaired) electrons. The number of halogens is 1.